The first-order valence-electron chi connectivity index (χ1n) is 5.95. The molecular weight excluding hydrogens is 300 g/mol. The topological polar surface area (TPSA) is 111 Å². The summed E-state index contributed by atoms with van der Waals surface area (Å²) in [6, 6.07) is 4.07. The fraction of sp³-hybridized carbons (Fsp3) is 0.333. The standard InChI is InChI=1S/C12H16N2O6S/c1-4-20-12(16)13-14-21(17,18)10-7-9(11(15)19-3)6-5-8(10)2/h5-7,14H,4H2,1-3H3,(H,13,16). The van der Waals surface area contributed by atoms with Crippen LogP contribution in [0.15, 0.2) is 23.1 Å². The molecule has 0 bridgehead atoms. The number of methoxy groups -OCH3 is 1. The van der Waals surface area contributed by atoms with Crippen molar-refractivity contribution in [2.24, 2.45) is 0 Å². The van der Waals surface area contributed by atoms with Gasteiger partial charge in [-0.2, -0.15) is 0 Å². The van der Waals surface area contributed by atoms with Crippen LogP contribution in [-0.2, 0) is 19.5 Å². The smallest absolute Gasteiger partial charge is 0.422 e. The van der Waals surface area contributed by atoms with Crippen LogP contribution in [0.3, 0.4) is 0 Å². The minimum absolute atomic E-state index is 0.0830. The molecule has 8 nitrogen and oxygen atoms in total. The molecule has 21 heavy (non-hydrogen) atoms. The summed E-state index contributed by atoms with van der Waals surface area (Å²) in [4.78, 5) is 24.3. The van der Waals surface area contributed by atoms with Crippen LogP contribution in [0.1, 0.15) is 22.8 Å². The molecule has 0 aliphatic rings. The van der Waals surface area contributed by atoms with Crippen LogP contribution in [0.5, 0.6) is 0 Å². The van der Waals surface area contributed by atoms with Gasteiger partial charge in [-0.15, -0.1) is 4.83 Å². The number of benzene rings is 1. The second-order valence-electron chi connectivity index (χ2n) is 3.92. The van der Waals surface area contributed by atoms with E-state index in [1.807, 2.05) is 10.3 Å². The molecule has 9 heteroatoms. The number of hydrazine groups is 1. The predicted molar refractivity (Wildman–Crippen MR) is 73.0 cm³/mol. The van der Waals surface area contributed by atoms with Crippen molar-refractivity contribution in [1.29, 1.82) is 0 Å². The van der Waals surface area contributed by atoms with E-state index in [2.05, 4.69) is 9.47 Å². The van der Waals surface area contributed by atoms with Crippen molar-refractivity contribution in [3.63, 3.8) is 0 Å². The third-order valence-electron chi connectivity index (χ3n) is 2.46. The zero-order valence-electron chi connectivity index (χ0n) is 11.8. The highest BCUT2D eigenvalue weighted by Crippen LogP contribution is 2.17. The van der Waals surface area contributed by atoms with Crippen molar-refractivity contribution in [1.82, 2.24) is 10.3 Å². The van der Waals surface area contributed by atoms with E-state index in [0.29, 0.717) is 5.56 Å². The second-order valence-corrected chi connectivity index (χ2v) is 5.57. The Morgan fingerprint density at radius 2 is 1.95 bits per heavy atom. The Morgan fingerprint density at radius 1 is 1.29 bits per heavy atom. The minimum atomic E-state index is -4.04. The van der Waals surface area contributed by atoms with Gasteiger partial charge in [0.05, 0.1) is 24.2 Å². The van der Waals surface area contributed by atoms with Gasteiger partial charge in [-0.25, -0.2) is 23.4 Å². The van der Waals surface area contributed by atoms with Crippen LogP contribution in [0, 0.1) is 6.92 Å². The number of amides is 1. The third-order valence-corrected chi connectivity index (χ3v) is 3.85. The van der Waals surface area contributed by atoms with Crippen molar-refractivity contribution in [2.75, 3.05) is 13.7 Å². The zero-order chi connectivity index (χ0) is 16.0. The van der Waals surface area contributed by atoms with E-state index in [0.717, 1.165) is 6.07 Å². The van der Waals surface area contributed by atoms with Gasteiger partial charge < -0.3 is 9.47 Å². The van der Waals surface area contributed by atoms with Gasteiger partial charge in [0.2, 0.25) is 0 Å². The maximum absolute atomic E-state index is 12.1. The van der Waals surface area contributed by atoms with Crippen molar-refractivity contribution in [3.05, 3.63) is 29.3 Å². The van der Waals surface area contributed by atoms with Crippen LogP contribution < -0.4 is 10.3 Å². The van der Waals surface area contributed by atoms with Crippen molar-refractivity contribution < 1.29 is 27.5 Å². The van der Waals surface area contributed by atoms with Crippen LogP contribution >= 0.6 is 0 Å². The first-order chi connectivity index (χ1) is 9.81. The van der Waals surface area contributed by atoms with E-state index in [4.69, 9.17) is 0 Å². The molecule has 1 amide bonds. The van der Waals surface area contributed by atoms with Crippen LogP contribution in [0.25, 0.3) is 0 Å². The molecule has 0 radical (unpaired) electrons. The summed E-state index contributed by atoms with van der Waals surface area (Å²) in [6.07, 6.45) is -0.928. The van der Waals surface area contributed by atoms with E-state index in [-0.39, 0.29) is 17.1 Å². The molecule has 116 valence electrons. The average Bonchev–Trinajstić information content (AvgIpc) is 2.45. The number of ether oxygens (including phenoxy) is 2. The van der Waals surface area contributed by atoms with Gasteiger partial charge in [0, 0.05) is 0 Å². The van der Waals surface area contributed by atoms with E-state index < -0.39 is 22.1 Å². The second kappa shape index (κ2) is 7.04. The largest absolute Gasteiger partial charge is 0.465 e. The Kier molecular flexibility index (Phi) is 5.68. The van der Waals surface area contributed by atoms with Gasteiger partial charge >= 0.3 is 12.1 Å². The van der Waals surface area contributed by atoms with Gasteiger partial charge in [-0.1, -0.05) is 6.07 Å². The average molecular weight is 316 g/mol. The molecule has 0 heterocycles. The lowest BCUT2D eigenvalue weighted by molar-refractivity contribution is 0.0600. The van der Waals surface area contributed by atoms with E-state index in [1.54, 1.807) is 13.8 Å². The number of carbonyl (C=O) groups excluding carboxylic acids is 2. The van der Waals surface area contributed by atoms with E-state index in [9.17, 15) is 18.0 Å². The lowest BCUT2D eigenvalue weighted by atomic mass is 10.1. The molecule has 1 aromatic carbocycles. The number of carbonyl (C=O) groups is 2. The maximum atomic E-state index is 12.1. The molecule has 0 aromatic heterocycles. The quantitative estimate of drug-likeness (QED) is 0.612. The fourth-order valence-corrected chi connectivity index (χ4v) is 2.57. The molecule has 1 rings (SSSR count). The summed E-state index contributed by atoms with van der Waals surface area (Å²) >= 11 is 0. The number of aryl methyl sites for hydroxylation is 1. The summed E-state index contributed by atoms with van der Waals surface area (Å²) < 4.78 is 33.2. The molecule has 0 unspecified atom stereocenters. The summed E-state index contributed by atoms with van der Waals surface area (Å²) in [6.45, 7) is 3.24. The first kappa shape index (κ1) is 16.9. The van der Waals surface area contributed by atoms with Crippen LogP contribution in [0.4, 0.5) is 4.79 Å². The molecule has 0 aliphatic heterocycles. The molecule has 0 aliphatic carbocycles. The first-order valence-corrected chi connectivity index (χ1v) is 7.43. The van der Waals surface area contributed by atoms with Crippen molar-refractivity contribution >= 4 is 22.1 Å². The van der Waals surface area contributed by atoms with Gasteiger partial charge in [0.1, 0.15) is 0 Å². The molecule has 0 spiro atoms. The predicted octanol–water partition coefficient (Wildman–Crippen LogP) is 0.721. The number of nitrogens with one attached hydrogen (secondary N) is 2. The number of hydrogen-bond donors (Lipinski definition) is 2. The molecule has 0 fully saturated rings. The van der Waals surface area contributed by atoms with E-state index in [1.165, 1.54) is 19.2 Å². The number of rotatable bonds is 5. The van der Waals surface area contributed by atoms with Gasteiger partial charge in [0.15, 0.2) is 0 Å². The van der Waals surface area contributed by atoms with Gasteiger partial charge in [-0.05, 0) is 31.5 Å². The third kappa shape index (κ3) is 4.43. The van der Waals surface area contributed by atoms with Crippen molar-refractivity contribution in [2.45, 2.75) is 18.7 Å². The fourth-order valence-electron chi connectivity index (χ4n) is 1.47. The van der Waals surface area contributed by atoms with E-state index >= 15 is 0 Å². The monoisotopic (exact) mass is 316 g/mol. The summed E-state index contributed by atoms with van der Waals surface area (Å²) in [5.41, 5.74) is 2.38. The Hall–Kier alpha value is -2.13. The normalized spacial score (nSPS) is 10.8. The zero-order valence-corrected chi connectivity index (χ0v) is 12.6. The lowest BCUT2D eigenvalue weighted by Gasteiger charge is -2.11. The lowest BCUT2D eigenvalue weighted by Crippen LogP contribution is -2.42. The Morgan fingerprint density at radius 3 is 2.52 bits per heavy atom. The maximum Gasteiger partial charge on any atom is 0.422 e. The van der Waals surface area contributed by atoms with Gasteiger partial charge in [-0.3, -0.25) is 0 Å². The van der Waals surface area contributed by atoms with Gasteiger partial charge in [0.25, 0.3) is 10.0 Å². The molecule has 0 saturated carbocycles. The minimum Gasteiger partial charge on any atom is -0.465 e. The molecule has 2 N–H and O–H groups in total. The number of hydrogen-bond acceptors (Lipinski definition) is 6. The Balaban J connectivity index is 3.02. The Bertz CT molecular complexity index is 641. The van der Waals surface area contributed by atoms with Crippen molar-refractivity contribution in [3.8, 4) is 0 Å². The number of sulfonamides is 1. The molecule has 1 aromatic rings. The summed E-state index contributed by atoms with van der Waals surface area (Å²) in [7, 11) is -2.85. The van der Waals surface area contributed by atoms with Crippen LogP contribution in [0.2, 0.25) is 0 Å². The molecule has 0 atom stereocenters. The highest BCUT2D eigenvalue weighted by molar-refractivity contribution is 7.89. The number of esters is 1. The molecule has 0 saturated heterocycles. The highest BCUT2D eigenvalue weighted by atomic mass is 32.2. The highest BCUT2D eigenvalue weighted by Gasteiger charge is 2.20. The summed E-state index contributed by atoms with van der Waals surface area (Å²) in [5, 5.41) is 0. The Labute approximate surface area is 122 Å². The van der Waals surface area contributed by atoms with Crippen LogP contribution in [-0.4, -0.2) is 34.2 Å². The summed E-state index contributed by atoms with van der Waals surface area (Å²) in [5.74, 6) is -0.662. The SMILES string of the molecule is CCOC(=O)NNS(=O)(=O)c1cc(C(=O)OC)ccc1C. The molecular formula is C12H16N2O6S.